The van der Waals surface area contributed by atoms with Gasteiger partial charge in [-0.2, -0.15) is 0 Å². The number of hydrogen-bond acceptors (Lipinski definition) is 3. The summed E-state index contributed by atoms with van der Waals surface area (Å²) in [5.41, 5.74) is 1.85. The summed E-state index contributed by atoms with van der Waals surface area (Å²) in [5.74, 6) is 0.0301. The zero-order valence-electron chi connectivity index (χ0n) is 18.8. The van der Waals surface area contributed by atoms with Gasteiger partial charge in [-0.3, -0.25) is 14.5 Å². The van der Waals surface area contributed by atoms with Crippen LogP contribution < -0.4 is 0 Å². The molecular weight excluding hydrogens is 445 g/mol. The minimum absolute atomic E-state index is 0.0151. The first-order valence-corrected chi connectivity index (χ1v) is 11.9. The van der Waals surface area contributed by atoms with E-state index in [0.717, 1.165) is 24.0 Å². The summed E-state index contributed by atoms with van der Waals surface area (Å²) in [7, 11) is 0. The van der Waals surface area contributed by atoms with Gasteiger partial charge in [0.05, 0.1) is 13.1 Å². The van der Waals surface area contributed by atoms with E-state index in [1.807, 2.05) is 67.3 Å². The SMILES string of the molecule is CCN(Cc1ccccc1Cl)C(=O)CN(CC(=O)N(CC)Cc1ccccc1Cl)C1CC1. The quantitative estimate of drug-likeness (QED) is 0.466. The molecule has 0 aromatic heterocycles. The van der Waals surface area contributed by atoms with Crippen LogP contribution >= 0.6 is 23.2 Å². The number of rotatable bonds is 11. The molecule has 0 heterocycles. The van der Waals surface area contributed by atoms with E-state index in [9.17, 15) is 9.59 Å². The Morgan fingerprint density at radius 1 is 0.781 bits per heavy atom. The molecule has 172 valence electrons. The lowest BCUT2D eigenvalue weighted by Gasteiger charge is -2.29. The minimum atomic E-state index is 0.0151. The fourth-order valence-corrected chi connectivity index (χ4v) is 4.11. The molecule has 0 bridgehead atoms. The molecular formula is C25H31Cl2N3O2. The van der Waals surface area contributed by atoms with E-state index in [2.05, 4.69) is 0 Å². The number of carbonyl (C=O) groups is 2. The lowest BCUT2D eigenvalue weighted by atomic mass is 10.2. The van der Waals surface area contributed by atoms with E-state index in [1.165, 1.54) is 0 Å². The fraction of sp³-hybridized carbons (Fsp3) is 0.440. The van der Waals surface area contributed by atoms with Crippen LogP contribution in [-0.4, -0.2) is 58.7 Å². The Hall–Kier alpha value is -2.08. The Balaban J connectivity index is 1.63. The van der Waals surface area contributed by atoms with Gasteiger partial charge >= 0.3 is 0 Å². The molecule has 1 fully saturated rings. The topological polar surface area (TPSA) is 43.9 Å². The standard InChI is InChI=1S/C25H31Cl2N3O2/c1-3-28(15-19-9-5-7-11-22(19)26)24(31)17-30(21-13-14-21)18-25(32)29(4-2)16-20-10-6-8-12-23(20)27/h5-12,21H,3-4,13-18H2,1-2H3. The van der Waals surface area contributed by atoms with E-state index >= 15 is 0 Å². The highest BCUT2D eigenvalue weighted by Crippen LogP contribution is 2.27. The second-order valence-electron chi connectivity index (χ2n) is 8.13. The predicted octanol–water partition coefficient (Wildman–Crippen LogP) is 4.86. The van der Waals surface area contributed by atoms with E-state index in [4.69, 9.17) is 23.2 Å². The average molecular weight is 476 g/mol. The van der Waals surface area contributed by atoms with Gasteiger partial charge in [0.25, 0.3) is 0 Å². The second-order valence-corrected chi connectivity index (χ2v) is 8.95. The molecule has 0 unspecified atom stereocenters. The van der Waals surface area contributed by atoms with Gasteiger partial charge in [0.15, 0.2) is 0 Å². The van der Waals surface area contributed by atoms with Crippen LogP contribution in [0.1, 0.15) is 37.8 Å². The Morgan fingerprint density at radius 2 is 1.19 bits per heavy atom. The van der Waals surface area contributed by atoms with E-state index in [0.29, 0.717) is 42.3 Å². The Morgan fingerprint density at radius 3 is 1.53 bits per heavy atom. The molecule has 0 N–H and O–H groups in total. The molecule has 1 aliphatic carbocycles. The van der Waals surface area contributed by atoms with Crippen molar-refractivity contribution in [3.05, 3.63) is 69.7 Å². The summed E-state index contributed by atoms with van der Waals surface area (Å²) < 4.78 is 0. The van der Waals surface area contributed by atoms with Gasteiger partial charge in [0.2, 0.25) is 11.8 Å². The zero-order valence-corrected chi connectivity index (χ0v) is 20.3. The molecule has 0 saturated heterocycles. The fourth-order valence-electron chi connectivity index (χ4n) is 3.72. The molecule has 0 atom stereocenters. The molecule has 0 radical (unpaired) electrons. The Kier molecular flexibility index (Phi) is 8.97. The van der Waals surface area contributed by atoms with Crippen LogP contribution in [0.2, 0.25) is 10.0 Å². The normalized spacial score (nSPS) is 13.3. The van der Waals surface area contributed by atoms with Crippen LogP contribution in [0.4, 0.5) is 0 Å². The van der Waals surface area contributed by atoms with Gasteiger partial charge in [-0.15, -0.1) is 0 Å². The molecule has 1 aliphatic rings. The summed E-state index contributed by atoms with van der Waals surface area (Å²) in [4.78, 5) is 31.8. The third-order valence-electron chi connectivity index (χ3n) is 5.85. The van der Waals surface area contributed by atoms with E-state index < -0.39 is 0 Å². The first-order chi connectivity index (χ1) is 15.4. The van der Waals surface area contributed by atoms with Crippen LogP contribution in [0.15, 0.2) is 48.5 Å². The van der Waals surface area contributed by atoms with Crippen molar-refractivity contribution in [2.24, 2.45) is 0 Å². The highest BCUT2D eigenvalue weighted by atomic mass is 35.5. The number of halogens is 2. The maximum Gasteiger partial charge on any atom is 0.237 e. The van der Waals surface area contributed by atoms with Crippen LogP contribution in [0, 0.1) is 0 Å². The van der Waals surface area contributed by atoms with Crippen LogP contribution in [0.3, 0.4) is 0 Å². The Labute approximate surface area is 200 Å². The van der Waals surface area contributed by atoms with Crippen LogP contribution in [0.25, 0.3) is 0 Å². The molecule has 2 amide bonds. The molecule has 3 rings (SSSR count). The van der Waals surface area contributed by atoms with Gasteiger partial charge in [0.1, 0.15) is 0 Å². The third-order valence-corrected chi connectivity index (χ3v) is 6.58. The summed E-state index contributed by atoms with van der Waals surface area (Å²) in [6.07, 6.45) is 2.04. The van der Waals surface area contributed by atoms with Crippen molar-refractivity contribution in [3.63, 3.8) is 0 Å². The highest BCUT2D eigenvalue weighted by molar-refractivity contribution is 6.31. The summed E-state index contributed by atoms with van der Waals surface area (Å²) >= 11 is 12.6. The highest BCUT2D eigenvalue weighted by Gasteiger charge is 2.33. The van der Waals surface area contributed by atoms with Crippen molar-refractivity contribution < 1.29 is 9.59 Å². The maximum atomic E-state index is 13.1. The number of amides is 2. The van der Waals surface area contributed by atoms with Crippen molar-refractivity contribution in [1.29, 1.82) is 0 Å². The molecule has 0 aliphatic heterocycles. The van der Waals surface area contributed by atoms with Crippen LogP contribution in [-0.2, 0) is 22.7 Å². The molecule has 7 heteroatoms. The average Bonchev–Trinajstić information content (AvgIpc) is 3.63. The van der Waals surface area contributed by atoms with Gasteiger partial charge in [0, 0.05) is 42.3 Å². The van der Waals surface area contributed by atoms with Gasteiger partial charge in [-0.1, -0.05) is 59.6 Å². The van der Waals surface area contributed by atoms with Crippen molar-refractivity contribution in [2.75, 3.05) is 26.2 Å². The molecule has 2 aromatic rings. The maximum absolute atomic E-state index is 13.1. The lowest BCUT2D eigenvalue weighted by molar-refractivity contribution is -0.136. The van der Waals surface area contributed by atoms with Crippen molar-refractivity contribution >= 4 is 35.0 Å². The first-order valence-electron chi connectivity index (χ1n) is 11.2. The third kappa shape index (κ3) is 6.71. The van der Waals surface area contributed by atoms with E-state index in [-0.39, 0.29) is 24.9 Å². The molecule has 2 aromatic carbocycles. The summed E-state index contributed by atoms with van der Waals surface area (Å²) in [6.45, 7) is 6.50. The van der Waals surface area contributed by atoms with Crippen molar-refractivity contribution in [1.82, 2.24) is 14.7 Å². The monoisotopic (exact) mass is 475 g/mol. The summed E-state index contributed by atoms with van der Waals surface area (Å²) in [5, 5.41) is 1.32. The largest absolute Gasteiger partial charge is 0.337 e. The van der Waals surface area contributed by atoms with Gasteiger partial charge < -0.3 is 9.80 Å². The lowest BCUT2D eigenvalue weighted by Crippen LogP contribution is -2.46. The first kappa shape index (κ1) is 24.6. The number of carbonyl (C=O) groups excluding carboxylic acids is 2. The number of nitrogens with zero attached hydrogens (tertiary/aromatic N) is 3. The smallest absolute Gasteiger partial charge is 0.237 e. The zero-order chi connectivity index (χ0) is 23.1. The molecule has 5 nitrogen and oxygen atoms in total. The van der Waals surface area contributed by atoms with Gasteiger partial charge in [-0.25, -0.2) is 0 Å². The molecule has 0 spiro atoms. The molecule has 1 saturated carbocycles. The van der Waals surface area contributed by atoms with Crippen molar-refractivity contribution in [2.45, 2.75) is 45.8 Å². The second kappa shape index (κ2) is 11.7. The predicted molar refractivity (Wildman–Crippen MR) is 130 cm³/mol. The minimum Gasteiger partial charge on any atom is -0.337 e. The number of hydrogen-bond donors (Lipinski definition) is 0. The Bertz CT molecular complexity index is 863. The summed E-state index contributed by atoms with van der Waals surface area (Å²) in [6, 6.07) is 15.5. The number of benzene rings is 2. The van der Waals surface area contributed by atoms with Crippen LogP contribution in [0.5, 0.6) is 0 Å². The molecule has 32 heavy (non-hydrogen) atoms. The van der Waals surface area contributed by atoms with Crippen molar-refractivity contribution in [3.8, 4) is 0 Å². The van der Waals surface area contributed by atoms with Gasteiger partial charge in [-0.05, 0) is 49.9 Å². The van der Waals surface area contributed by atoms with E-state index in [1.54, 1.807) is 9.80 Å². The number of likely N-dealkylation sites (N-methyl/N-ethyl adjacent to an activating group) is 2.